The Morgan fingerprint density at radius 3 is 2.05 bits per heavy atom. The fraction of sp³-hybridized carbons (Fsp3) is 0.235. The normalized spacial score (nSPS) is 13.5. The Hall–Kier alpha value is -1.96. The standard InChI is InChI=1S/C13H10FN.C4H8/c14-13-3-1-2-12(10-13)5-4-11-6-8-15-9-7-11;1-2-4-3-1/h1-10H;1-4H2. The first-order chi connectivity index (χ1) is 9.34. The average molecular weight is 255 g/mol. The van der Waals surface area contributed by atoms with Crippen LogP contribution in [0.1, 0.15) is 36.8 Å². The maximum absolute atomic E-state index is 12.8. The van der Waals surface area contributed by atoms with Gasteiger partial charge in [-0.2, -0.15) is 0 Å². The van der Waals surface area contributed by atoms with Crippen molar-refractivity contribution in [2.24, 2.45) is 0 Å². The van der Waals surface area contributed by atoms with Gasteiger partial charge in [0.05, 0.1) is 0 Å². The Morgan fingerprint density at radius 1 is 0.842 bits per heavy atom. The van der Waals surface area contributed by atoms with E-state index in [1.165, 1.54) is 37.8 Å². The first-order valence-electron chi connectivity index (χ1n) is 6.68. The van der Waals surface area contributed by atoms with Gasteiger partial charge in [-0.3, -0.25) is 4.98 Å². The lowest BCUT2D eigenvalue weighted by atomic mass is 10.0. The minimum Gasteiger partial charge on any atom is -0.265 e. The molecule has 0 bridgehead atoms. The highest BCUT2D eigenvalue weighted by atomic mass is 19.1. The summed E-state index contributed by atoms with van der Waals surface area (Å²) in [6.45, 7) is 0. The Labute approximate surface area is 113 Å². The molecular formula is C17H18FN. The minimum absolute atomic E-state index is 0.216. The number of benzene rings is 1. The van der Waals surface area contributed by atoms with Gasteiger partial charge >= 0.3 is 0 Å². The summed E-state index contributed by atoms with van der Waals surface area (Å²) < 4.78 is 12.8. The zero-order valence-corrected chi connectivity index (χ0v) is 10.9. The van der Waals surface area contributed by atoms with Gasteiger partial charge < -0.3 is 0 Å². The molecule has 3 rings (SSSR count). The minimum atomic E-state index is -0.216. The monoisotopic (exact) mass is 255 g/mol. The molecule has 0 radical (unpaired) electrons. The topological polar surface area (TPSA) is 12.9 Å². The number of hydrogen-bond acceptors (Lipinski definition) is 1. The second-order valence-corrected chi connectivity index (χ2v) is 4.58. The van der Waals surface area contributed by atoms with Crippen LogP contribution >= 0.6 is 0 Å². The van der Waals surface area contributed by atoms with Crippen LogP contribution < -0.4 is 0 Å². The van der Waals surface area contributed by atoms with E-state index in [2.05, 4.69) is 4.98 Å². The second-order valence-electron chi connectivity index (χ2n) is 4.58. The lowest BCUT2D eigenvalue weighted by Crippen LogP contribution is -1.85. The molecule has 0 atom stereocenters. The van der Waals surface area contributed by atoms with Crippen molar-refractivity contribution in [3.8, 4) is 0 Å². The third kappa shape index (κ3) is 5.04. The van der Waals surface area contributed by atoms with Gasteiger partial charge in [0.15, 0.2) is 0 Å². The van der Waals surface area contributed by atoms with Gasteiger partial charge in [-0.1, -0.05) is 50.0 Å². The fourth-order valence-electron chi connectivity index (χ4n) is 1.53. The Bertz CT molecular complexity index is 512. The molecule has 0 spiro atoms. The fourth-order valence-corrected chi connectivity index (χ4v) is 1.53. The molecule has 1 aromatic carbocycles. The molecule has 0 amide bonds. The van der Waals surface area contributed by atoms with Crippen LogP contribution in [0.15, 0.2) is 48.8 Å². The van der Waals surface area contributed by atoms with Crippen LogP contribution in [0, 0.1) is 5.82 Å². The molecule has 0 aliphatic heterocycles. The van der Waals surface area contributed by atoms with E-state index in [9.17, 15) is 4.39 Å². The van der Waals surface area contributed by atoms with Crippen molar-refractivity contribution in [1.29, 1.82) is 0 Å². The number of halogens is 1. The van der Waals surface area contributed by atoms with E-state index in [4.69, 9.17) is 0 Å². The van der Waals surface area contributed by atoms with Gasteiger partial charge in [-0.05, 0) is 35.4 Å². The lowest BCUT2D eigenvalue weighted by molar-refractivity contribution is 0.504. The molecule has 1 nitrogen and oxygen atoms in total. The van der Waals surface area contributed by atoms with Crippen molar-refractivity contribution in [1.82, 2.24) is 4.98 Å². The predicted molar refractivity (Wildman–Crippen MR) is 78.0 cm³/mol. The average Bonchev–Trinajstić information content (AvgIpc) is 2.36. The summed E-state index contributed by atoms with van der Waals surface area (Å²) in [7, 11) is 0. The van der Waals surface area contributed by atoms with Gasteiger partial charge in [-0.25, -0.2) is 4.39 Å². The summed E-state index contributed by atoms with van der Waals surface area (Å²) in [6.07, 6.45) is 13.3. The largest absolute Gasteiger partial charge is 0.265 e. The van der Waals surface area contributed by atoms with Crippen LogP contribution in [0.4, 0.5) is 4.39 Å². The highest BCUT2D eigenvalue weighted by Gasteiger charge is 1.95. The summed E-state index contributed by atoms with van der Waals surface area (Å²) in [5.74, 6) is -0.216. The van der Waals surface area contributed by atoms with E-state index in [-0.39, 0.29) is 5.82 Å². The van der Waals surface area contributed by atoms with Gasteiger partial charge in [0.25, 0.3) is 0 Å². The SMILES string of the molecule is C1CCC1.Fc1cccc(C=Cc2ccncc2)c1. The van der Waals surface area contributed by atoms with E-state index in [1.807, 2.05) is 30.4 Å². The molecule has 0 unspecified atom stereocenters. The highest BCUT2D eigenvalue weighted by molar-refractivity contribution is 5.69. The molecule has 2 heteroatoms. The summed E-state index contributed by atoms with van der Waals surface area (Å²) >= 11 is 0. The van der Waals surface area contributed by atoms with Crippen LogP contribution in [0.2, 0.25) is 0 Å². The lowest BCUT2D eigenvalue weighted by Gasteiger charge is -2.05. The number of hydrogen-bond donors (Lipinski definition) is 0. The van der Waals surface area contributed by atoms with Gasteiger partial charge in [0.1, 0.15) is 5.82 Å². The van der Waals surface area contributed by atoms with Crippen molar-refractivity contribution in [2.75, 3.05) is 0 Å². The van der Waals surface area contributed by atoms with Gasteiger partial charge in [0, 0.05) is 12.4 Å². The van der Waals surface area contributed by atoms with E-state index in [0.29, 0.717) is 0 Å². The molecule has 1 fully saturated rings. The van der Waals surface area contributed by atoms with Crippen molar-refractivity contribution in [2.45, 2.75) is 25.7 Å². The molecule has 0 saturated heterocycles. The second kappa shape index (κ2) is 7.47. The smallest absolute Gasteiger partial charge is 0.123 e. The molecule has 1 saturated carbocycles. The van der Waals surface area contributed by atoms with Crippen molar-refractivity contribution >= 4 is 12.2 Å². The third-order valence-electron chi connectivity index (χ3n) is 3.02. The molecule has 1 heterocycles. The van der Waals surface area contributed by atoms with E-state index in [1.54, 1.807) is 18.5 Å². The molecule has 19 heavy (non-hydrogen) atoms. The van der Waals surface area contributed by atoms with Crippen molar-refractivity contribution < 1.29 is 4.39 Å². The van der Waals surface area contributed by atoms with Crippen LogP contribution in [-0.4, -0.2) is 4.98 Å². The summed E-state index contributed by atoms with van der Waals surface area (Å²) in [6, 6.07) is 10.3. The molecule has 0 N–H and O–H groups in total. The van der Waals surface area contributed by atoms with Crippen LogP contribution in [0.25, 0.3) is 12.2 Å². The summed E-state index contributed by atoms with van der Waals surface area (Å²) in [5, 5.41) is 0. The van der Waals surface area contributed by atoms with Crippen molar-refractivity contribution in [3.05, 3.63) is 65.7 Å². The quantitative estimate of drug-likeness (QED) is 0.739. The molecule has 2 aromatic rings. The Balaban J connectivity index is 0.000000284. The predicted octanol–water partition coefficient (Wildman–Crippen LogP) is 4.95. The van der Waals surface area contributed by atoms with Crippen LogP contribution in [0.5, 0.6) is 0 Å². The first-order valence-corrected chi connectivity index (χ1v) is 6.68. The number of rotatable bonds is 2. The number of aromatic nitrogens is 1. The van der Waals surface area contributed by atoms with Gasteiger partial charge in [0.2, 0.25) is 0 Å². The molecule has 1 aliphatic carbocycles. The maximum Gasteiger partial charge on any atom is 0.123 e. The molecule has 1 aliphatic rings. The van der Waals surface area contributed by atoms with E-state index in [0.717, 1.165) is 11.1 Å². The molecule has 98 valence electrons. The number of pyridine rings is 1. The Kier molecular flexibility index (Phi) is 5.30. The van der Waals surface area contributed by atoms with Crippen LogP contribution in [0.3, 0.4) is 0 Å². The molecule has 1 aromatic heterocycles. The van der Waals surface area contributed by atoms with Gasteiger partial charge in [-0.15, -0.1) is 0 Å². The summed E-state index contributed by atoms with van der Waals surface area (Å²) in [5.41, 5.74) is 1.90. The number of nitrogens with zero attached hydrogens (tertiary/aromatic N) is 1. The maximum atomic E-state index is 12.8. The van der Waals surface area contributed by atoms with Crippen LogP contribution in [-0.2, 0) is 0 Å². The first kappa shape index (κ1) is 13.5. The van der Waals surface area contributed by atoms with Crippen molar-refractivity contribution in [3.63, 3.8) is 0 Å². The summed E-state index contributed by atoms with van der Waals surface area (Å²) in [4.78, 5) is 3.92. The highest BCUT2D eigenvalue weighted by Crippen LogP contribution is 2.15. The zero-order chi connectivity index (χ0) is 13.3. The zero-order valence-electron chi connectivity index (χ0n) is 10.9. The Morgan fingerprint density at radius 2 is 1.47 bits per heavy atom. The van der Waals surface area contributed by atoms with E-state index < -0.39 is 0 Å². The third-order valence-corrected chi connectivity index (χ3v) is 3.02. The molecular weight excluding hydrogens is 237 g/mol. The van der Waals surface area contributed by atoms with E-state index >= 15 is 0 Å².